The molecule has 0 amide bonds. The molecular weight excluding hydrogens is 370 g/mol. The van der Waals surface area contributed by atoms with Gasteiger partial charge in [-0.3, -0.25) is 0 Å². The standard InChI is InChI=1S/C27H39NO2/c1-4-30-25-15-13-24(14-16-25)27(29,18-17-22(2)3)26(23-11-7-5-8-12-23)21-28-19-9-6-10-20-28/h5,7-8,11-16,22,26,29H,4,6,9-10,17-21H2,1-3H3/t26-,27+/m1/s1. The molecule has 0 bridgehead atoms. The molecule has 1 aliphatic heterocycles. The smallest absolute Gasteiger partial charge is 0.119 e. The quantitative estimate of drug-likeness (QED) is 0.524. The molecule has 3 rings (SSSR count). The van der Waals surface area contributed by atoms with Gasteiger partial charge < -0.3 is 14.7 Å². The van der Waals surface area contributed by atoms with Gasteiger partial charge in [-0.25, -0.2) is 0 Å². The van der Waals surface area contributed by atoms with E-state index in [0.29, 0.717) is 12.5 Å². The lowest BCUT2D eigenvalue weighted by Gasteiger charge is -2.41. The SMILES string of the molecule is CCOc1ccc([C@@](O)(CCC(C)C)[C@H](CN2CCCCC2)c2ccccc2)cc1. The van der Waals surface area contributed by atoms with Crippen molar-refractivity contribution in [2.75, 3.05) is 26.2 Å². The highest BCUT2D eigenvalue weighted by Gasteiger charge is 2.40. The summed E-state index contributed by atoms with van der Waals surface area (Å²) in [6.07, 6.45) is 5.59. The first kappa shape index (κ1) is 22.8. The van der Waals surface area contributed by atoms with Crippen LogP contribution in [0.25, 0.3) is 0 Å². The number of likely N-dealkylation sites (tertiary alicyclic amines) is 1. The number of hydrogen-bond acceptors (Lipinski definition) is 3. The van der Waals surface area contributed by atoms with E-state index in [2.05, 4.69) is 61.2 Å². The van der Waals surface area contributed by atoms with Gasteiger partial charge >= 0.3 is 0 Å². The van der Waals surface area contributed by atoms with Crippen molar-refractivity contribution >= 4 is 0 Å². The van der Waals surface area contributed by atoms with Gasteiger partial charge in [0.15, 0.2) is 0 Å². The van der Waals surface area contributed by atoms with Crippen molar-refractivity contribution < 1.29 is 9.84 Å². The molecule has 2 atom stereocenters. The largest absolute Gasteiger partial charge is 0.494 e. The van der Waals surface area contributed by atoms with Gasteiger partial charge in [-0.2, -0.15) is 0 Å². The van der Waals surface area contributed by atoms with Crippen LogP contribution in [0, 0.1) is 5.92 Å². The minimum atomic E-state index is -0.909. The van der Waals surface area contributed by atoms with Gasteiger partial charge in [-0.15, -0.1) is 0 Å². The normalized spacial score (nSPS) is 18.2. The third-order valence-corrected chi connectivity index (χ3v) is 6.44. The number of nitrogens with zero attached hydrogens (tertiary/aromatic N) is 1. The van der Waals surface area contributed by atoms with Crippen LogP contribution in [0.5, 0.6) is 5.75 Å². The summed E-state index contributed by atoms with van der Waals surface area (Å²) in [6, 6.07) is 18.8. The first-order chi connectivity index (χ1) is 14.5. The number of aliphatic hydroxyl groups is 1. The van der Waals surface area contributed by atoms with E-state index in [1.807, 2.05) is 19.1 Å². The van der Waals surface area contributed by atoms with Gasteiger partial charge in [0.25, 0.3) is 0 Å². The summed E-state index contributed by atoms with van der Waals surface area (Å²) in [5.41, 5.74) is 1.31. The molecule has 0 radical (unpaired) electrons. The predicted octanol–water partition coefficient (Wildman–Crippen LogP) is 5.98. The third-order valence-electron chi connectivity index (χ3n) is 6.44. The summed E-state index contributed by atoms with van der Waals surface area (Å²) in [6.45, 7) is 10.3. The molecule has 30 heavy (non-hydrogen) atoms. The molecule has 0 spiro atoms. The Bertz CT molecular complexity index is 737. The van der Waals surface area contributed by atoms with E-state index in [4.69, 9.17) is 4.74 Å². The Balaban J connectivity index is 1.98. The van der Waals surface area contributed by atoms with Gasteiger partial charge in [0, 0.05) is 12.5 Å². The van der Waals surface area contributed by atoms with Crippen LogP contribution in [-0.2, 0) is 5.60 Å². The Morgan fingerprint density at radius 2 is 1.63 bits per heavy atom. The zero-order valence-corrected chi connectivity index (χ0v) is 19.0. The summed E-state index contributed by atoms with van der Waals surface area (Å²) < 4.78 is 5.65. The van der Waals surface area contributed by atoms with E-state index >= 15 is 0 Å². The van der Waals surface area contributed by atoms with Crippen LogP contribution in [0.1, 0.15) is 69.9 Å². The number of hydrogen-bond donors (Lipinski definition) is 1. The van der Waals surface area contributed by atoms with Gasteiger partial charge in [-0.1, -0.05) is 62.7 Å². The molecule has 1 fully saturated rings. The van der Waals surface area contributed by atoms with Crippen LogP contribution >= 0.6 is 0 Å². The lowest BCUT2D eigenvalue weighted by Crippen LogP contribution is -2.43. The molecule has 1 heterocycles. The molecule has 1 saturated heterocycles. The fourth-order valence-electron chi connectivity index (χ4n) is 4.65. The number of piperidine rings is 1. The number of ether oxygens (including phenoxy) is 1. The molecule has 0 aliphatic carbocycles. The van der Waals surface area contributed by atoms with Crippen molar-refractivity contribution in [3.05, 3.63) is 65.7 Å². The zero-order chi connectivity index (χ0) is 21.4. The molecule has 2 aromatic carbocycles. The number of rotatable bonds is 10. The second kappa shape index (κ2) is 11.0. The lowest BCUT2D eigenvalue weighted by molar-refractivity contribution is -0.0187. The van der Waals surface area contributed by atoms with E-state index in [1.54, 1.807) is 0 Å². The van der Waals surface area contributed by atoms with Crippen molar-refractivity contribution in [2.24, 2.45) is 5.92 Å². The lowest BCUT2D eigenvalue weighted by atomic mass is 9.73. The maximum absolute atomic E-state index is 12.3. The van der Waals surface area contributed by atoms with Crippen molar-refractivity contribution in [1.82, 2.24) is 4.90 Å². The van der Waals surface area contributed by atoms with Crippen LogP contribution in [0.3, 0.4) is 0 Å². The Labute approximate surface area is 183 Å². The van der Waals surface area contributed by atoms with Crippen molar-refractivity contribution in [2.45, 2.75) is 64.4 Å². The fourth-order valence-corrected chi connectivity index (χ4v) is 4.65. The van der Waals surface area contributed by atoms with Gasteiger partial charge in [0.2, 0.25) is 0 Å². The second-order valence-corrected chi connectivity index (χ2v) is 9.14. The maximum Gasteiger partial charge on any atom is 0.119 e. The van der Waals surface area contributed by atoms with Crippen molar-refractivity contribution in [1.29, 1.82) is 0 Å². The highest BCUT2D eigenvalue weighted by atomic mass is 16.5. The monoisotopic (exact) mass is 409 g/mol. The summed E-state index contributed by atoms with van der Waals surface area (Å²) in [4.78, 5) is 2.55. The first-order valence-electron chi connectivity index (χ1n) is 11.8. The minimum absolute atomic E-state index is 0.0356. The van der Waals surface area contributed by atoms with Crippen LogP contribution in [-0.4, -0.2) is 36.2 Å². The summed E-state index contributed by atoms with van der Waals surface area (Å²) in [7, 11) is 0. The summed E-state index contributed by atoms with van der Waals surface area (Å²) in [5, 5.41) is 12.3. The average molecular weight is 410 g/mol. The Morgan fingerprint density at radius 1 is 0.967 bits per heavy atom. The van der Waals surface area contributed by atoms with E-state index < -0.39 is 5.60 Å². The summed E-state index contributed by atoms with van der Waals surface area (Å²) >= 11 is 0. The molecule has 1 aliphatic rings. The zero-order valence-electron chi connectivity index (χ0n) is 19.0. The van der Waals surface area contributed by atoms with Crippen LogP contribution in [0.4, 0.5) is 0 Å². The molecule has 3 heteroatoms. The minimum Gasteiger partial charge on any atom is -0.494 e. The maximum atomic E-state index is 12.3. The second-order valence-electron chi connectivity index (χ2n) is 9.14. The van der Waals surface area contributed by atoms with E-state index in [9.17, 15) is 5.11 Å². The molecule has 0 unspecified atom stereocenters. The first-order valence-corrected chi connectivity index (χ1v) is 11.8. The Kier molecular flexibility index (Phi) is 8.35. The highest BCUT2D eigenvalue weighted by Crippen LogP contribution is 2.42. The van der Waals surface area contributed by atoms with E-state index in [-0.39, 0.29) is 5.92 Å². The highest BCUT2D eigenvalue weighted by molar-refractivity contribution is 5.35. The molecule has 0 saturated carbocycles. The fraction of sp³-hybridized carbons (Fsp3) is 0.556. The molecule has 0 aromatic heterocycles. The van der Waals surface area contributed by atoms with Crippen LogP contribution < -0.4 is 4.74 Å². The molecule has 1 N–H and O–H groups in total. The van der Waals surface area contributed by atoms with Crippen molar-refractivity contribution in [3.8, 4) is 5.75 Å². The topological polar surface area (TPSA) is 32.7 Å². The average Bonchev–Trinajstić information content (AvgIpc) is 2.78. The molecule has 164 valence electrons. The van der Waals surface area contributed by atoms with Gasteiger partial charge in [0.05, 0.1) is 12.2 Å². The Morgan fingerprint density at radius 3 is 2.23 bits per heavy atom. The van der Waals surface area contributed by atoms with Crippen LogP contribution in [0.15, 0.2) is 54.6 Å². The van der Waals surface area contributed by atoms with E-state index in [1.165, 1.54) is 24.8 Å². The number of benzene rings is 2. The molecule has 3 nitrogen and oxygen atoms in total. The Hall–Kier alpha value is -1.84. The molecular formula is C27H39NO2. The van der Waals surface area contributed by atoms with Gasteiger partial charge in [-0.05, 0) is 74.9 Å². The van der Waals surface area contributed by atoms with Gasteiger partial charge in [0.1, 0.15) is 5.75 Å². The molecule has 2 aromatic rings. The van der Waals surface area contributed by atoms with Crippen LogP contribution in [0.2, 0.25) is 0 Å². The van der Waals surface area contributed by atoms with E-state index in [0.717, 1.165) is 43.8 Å². The van der Waals surface area contributed by atoms with Crippen molar-refractivity contribution in [3.63, 3.8) is 0 Å². The third kappa shape index (κ3) is 5.86. The predicted molar refractivity (Wildman–Crippen MR) is 125 cm³/mol. The summed E-state index contributed by atoms with van der Waals surface area (Å²) in [5.74, 6) is 1.44.